The Bertz CT molecular complexity index is 957. The number of rotatable bonds is 6. The van der Waals surface area contributed by atoms with Crippen LogP contribution in [0.1, 0.15) is 18.4 Å². The number of ether oxygens (including phenoxy) is 2. The van der Waals surface area contributed by atoms with Gasteiger partial charge in [-0.05, 0) is 42.0 Å². The predicted molar refractivity (Wildman–Crippen MR) is 112 cm³/mol. The summed E-state index contributed by atoms with van der Waals surface area (Å²) < 4.78 is 11.4. The molecule has 2 aromatic carbocycles. The lowest BCUT2D eigenvalue weighted by molar-refractivity contribution is 0.0259. The third-order valence-corrected chi connectivity index (χ3v) is 4.82. The first-order valence-electron chi connectivity index (χ1n) is 9.65. The highest BCUT2D eigenvalue weighted by atomic mass is 16.5. The van der Waals surface area contributed by atoms with Gasteiger partial charge in [-0.15, -0.1) is 0 Å². The van der Waals surface area contributed by atoms with E-state index in [0.717, 1.165) is 48.6 Å². The van der Waals surface area contributed by atoms with Gasteiger partial charge in [-0.3, -0.25) is 0 Å². The van der Waals surface area contributed by atoms with E-state index in [0.29, 0.717) is 17.4 Å². The second-order valence-corrected chi connectivity index (χ2v) is 6.93. The van der Waals surface area contributed by atoms with Gasteiger partial charge < -0.3 is 25.6 Å². The number of nitrogens with zero attached hydrogens (tertiary/aromatic N) is 2. The molecule has 1 aliphatic rings. The van der Waals surface area contributed by atoms with Gasteiger partial charge in [0.1, 0.15) is 11.9 Å². The van der Waals surface area contributed by atoms with Crippen molar-refractivity contribution in [3.8, 4) is 17.0 Å². The molecule has 2 heterocycles. The first kappa shape index (κ1) is 19.2. The molecule has 1 aromatic heterocycles. The van der Waals surface area contributed by atoms with E-state index in [4.69, 9.17) is 20.3 Å². The molecule has 3 aromatic rings. The van der Waals surface area contributed by atoms with Gasteiger partial charge in [0.2, 0.25) is 5.95 Å². The van der Waals surface area contributed by atoms with Crippen molar-refractivity contribution in [1.29, 1.82) is 0 Å². The van der Waals surface area contributed by atoms with E-state index in [1.165, 1.54) is 0 Å². The fourth-order valence-corrected chi connectivity index (χ4v) is 3.19. The SMILES string of the molecule is Nc1cc(-c2ccnc(Nc3ccc(CO)cc3)n2)ccc1OC1CCOCC1. The summed E-state index contributed by atoms with van der Waals surface area (Å²) in [6, 6.07) is 15.0. The zero-order valence-corrected chi connectivity index (χ0v) is 16.0. The molecular formula is C22H24N4O3. The average Bonchev–Trinajstić information content (AvgIpc) is 2.77. The molecule has 0 saturated carbocycles. The molecule has 150 valence electrons. The van der Waals surface area contributed by atoms with Crippen molar-refractivity contribution < 1.29 is 14.6 Å². The molecule has 0 amide bonds. The standard InChI is InChI=1S/C22H24N4O3/c23-19-13-16(3-6-21(19)29-18-8-11-28-12-9-18)20-7-10-24-22(26-20)25-17-4-1-15(14-27)2-5-17/h1-7,10,13,18,27H,8-9,11-12,14,23H2,(H,24,25,26). The zero-order chi connectivity index (χ0) is 20.1. The Kier molecular flexibility index (Phi) is 5.88. The second kappa shape index (κ2) is 8.89. The Labute approximate surface area is 169 Å². The minimum absolute atomic E-state index is 0.0158. The minimum atomic E-state index is 0.0158. The van der Waals surface area contributed by atoms with Crippen LogP contribution in [-0.4, -0.2) is 34.4 Å². The fourth-order valence-electron chi connectivity index (χ4n) is 3.19. The van der Waals surface area contributed by atoms with E-state index in [-0.39, 0.29) is 12.7 Å². The number of hydrogen-bond donors (Lipinski definition) is 3. The summed E-state index contributed by atoms with van der Waals surface area (Å²) in [6.07, 6.45) is 3.60. The van der Waals surface area contributed by atoms with Crippen LogP contribution >= 0.6 is 0 Å². The molecule has 1 aliphatic heterocycles. The molecule has 0 unspecified atom stereocenters. The van der Waals surface area contributed by atoms with Gasteiger partial charge in [-0.2, -0.15) is 0 Å². The monoisotopic (exact) mass is 392 g/mol. The van der Waals surface area contributed by atoms with Crippen LogP contribution in [0.25, 0.3) is 11.3 Å². The highest BCUT2D eigenvalue weighted by Gasteiger charge is 2.16. The average molecular weight is 392 g/mol. The van der Waals surface area contributed by atoms with Crippen molar-refractivity contribution in [2.75, 3.05) is 24.3 Å². The summed E-state index contributed by atoms with van der Waals surface area (Å²) >= 11 is 0. The van der Waals surface area contributed by atoms with E-state index in [1.807, 2.05) is 48.5 Å². The van der Waals surface area contributed by atoms with E-state index in [9.17, 15) is 0 Å². The summed E-state index contributed by atoms with van der Waals surface area (Å²) in [5, 5.41) is 12.3. The maximum absolute atomic E-state index is 9.14. The number of aliphatic hydroxyl groups is 1. The Morgan fingerprint density at radius 1 is 1.10 bits per heavy atom. The van der Waals surface area contributed by atoms with Gasteiger partial charge in [0.25, 0.3) is 0 Å². The van der Waals surface area contributed by atoms with Crippen molar-refractivity contribution >= 4 is 17.3 Å². The number of nitrogens with one attached hydrogen (secondary N) is 1. The van der Waals surface area contributed by atoms with Crippen molar-refractivity contribution in [3.05, 3.63) is 60.3 Å². The lowest BCUT2D eigenvalue weighted by Crippen LogP contribution is -2.26. The van der Waals surface area contributed by atoms with Crippen LogP contribution in [0.5, 0.6) is 5.75 Å². The number of benzene rings is 2. The number of aromatic nitrogens is 2. The maximum Gasteiger partial charge on any atom is 0.227 e. The summed E-state index contributed by atoms with van der Waals surface area (Å²) in [4.78, 5) is 8.86. The normalized spacial score (nSPS) is 14.5. The topological polar surface area (TPSA) is 103 Å². The number of hydrogen-bond acceptors (Lipinski definition) is 7. The van der Waals surface area contributed by atoms with Crippen LogP contribution in [-0.2, 0) is 11.3 Å². The molecule has 7 nitrogen and oxygen atoms in total. The Morgan fingerprint density at radius 3 is 2.62 bits per heavy atom. The van der Waals surface area contributed by atoms with E-state index in [2.05, 4.69) is 15.3 Å². The lowest BCUT2D eigenvalue weighted by Gasteiger charge is -2.24. The molecule has 0 atom stereocenters. The van der Waals surface area contributed by atoms with Crippen LogP contribution in [0, 0.1) is 0 Å². The van der Waals surface area contributed by atoms with Crippen LogP contribution in [0.15, 0.2) is 54.7 Å². The van der Waals surface area contributed by atoms with Crippen molar-refractivity contribution in [2.45, 2.75) is 25.6 Å². The summed E-state index contributed by atoms with van der Waals surface area (Å²) in [5.74, 6) is 1.18. The third-order valence-electron chi connectivity index (χ3n) is 4.82. The Hall–Kier alpha value is -3.16. The molecule has 0 radical (unpaired) electrons. The van der Waals surface area contributed by atoms with E-state index < -0.39 is 0 Å². The molecule has 29 heavy (non-hydrogen) atoms. The van der Waals surface area contributed by atoms with Crippen molar-refractivity contribution in [2.24, 2.45) is 0 Å². The Balaban J connectivity index is 1.49. The molecule has 4 rings (SSSR count). The number of anilines is 3. The van der Waals surface area contributed by atoms with Gasteiger partial charge in [-0.1, -0.05) is 12.1 Å². The van der Waals surface area contributed by atoms with Gasteiger partial charge in [0.05, 0.1) is 31.2 Å². The molecular weight excluding hydrogens is 368 g/mol. The largest absolute Gasteiger partial charge is 0.488 e. The first-order chi connectivity index (χ1) is 14.2. The maximum atomic E-state index is 9.14. The second-order valence-electron chi connectivity index (χ2n) is 6.93. The predicted octanol–water partition coefficient (Wildman–Crippen LogP) is 3.52. The highest BCUT2D eigenvalue weighted by Crippen LogP contribution is 2.30. The van der Waals surface area contributed by atoms with Crippen LogP contribution in [0.3, 0.4) is 0 Å². The minimum Gasteiger partial charge on any atom is -0.488 e. The smallest absolute Gasteiger partial charge is 0.227 e. The van der Waals surface area contributed by atoms with Crippen LogP contribution < -0.4 is 15.8 Å². The van der Waals surface area contributed by atoms with Gasteiger partial charge in [0, 0.05) is 30.3 Å². The lowest BCUT2D eigenvalue weighted by atomic mass is 10.1. The third kappa shape index (κ3) is 4.82. The quantitative estimate of drug-likeness (QED) is 0.552. The highest BCUT2D eigenvalue weighted by molar-refractivity contribution is 5.69. The molecule has 0 spiro atoms. The number of nitrogens with two attached hydrogens (primary N) is 1. The van der Waals surface area contributed by atoms with Crippen molar-refractivity contribution in [3.63, 3.8) is 0 Å². The van der Waals surface area contributed by atoms with Gasteiger partial charge in [0.15, 0.2) is 0 Å². The Morgan fingerprint density at radius 2 is 1.90 bits per heavy atom. The molecule has 4 N–H and O–H groups in total. The van der Waals surface area contributed by atoms with Crippen LogP contribution in [0.4, 0.5) is 17.3 Å². The zero-order valence-electron chi connectivity index (χ0n) is 16.0. The fraction of sp³-hybridized carbons (Fsp3) is 0.273. The molecule has 0 aliphatic carbocycles. The molecule has 0 bridgehead atoms. The van der Waals surface area contributed by atoms with Gasteiger partial charge in [-0.25, -0.2) is 9.97 Å². The van der Waals surface area contributed by atoms with E-state index >= 15 is 0 Å². The van der Waals surface area contributed by atoms with E-state index in [1.54, 1.807) is 6.20 Å². The molecule has 7 heteroatoms. The number of aliphatic hydroxyl groups excluding tert-OH is 1. The van der Waals surface area contributed by atoms with Crippen LogP contribution in [0.2, 0.25) is 0 Å². The number of nitrogen functional groups attached to an aromatic ring is 1. The van der Waals surface area contributed by atoms with Crippen molar-refractivity contribution in [1.82, 2.24) is 9.97 Å². The van der Waals surface area contributed by atoms with Gasteiger partial charge >= 0.3 is 0 Å². The molecule has 1 saturated heterocycles. The summed E-state index contributed by atoms with van der Waals surface area (Å²) in [6.45, 7) is 1.46. The summed E-state index contributed by atoms with van der Waals surface area (Å²) in [5.41, 5.74) is 10.2. The molecule has 1 fully saturated rings. The summed E-state index contributed by atoms with van der Waals surface area (Å²) in [7, 11) is 0. The first-order valence-corrected chi connectivity index (χ1v) is 9.65.